The van der Waals surface area contributed by atoms with Gasteiger partial charge in [-0.1, -0.05) is 6.92 Å². The number of nitrogens with two attached hydrogens (primary N) is 1. The molecule has 0 aromatic heterocycles. The zero-order valence-corrected chi connectivity index (χ0v) is 20.1. The molecule has 1 atom stereocenters. The van der Waals surface area contributed by atoms with Crippen molar-refractivity contribution in [2.45, 2.75) is 50.7 Å². The van der Waals surface area contributed by atoms with Gasteiger partial charge in [0.15, 0.2) is 11.5 Å². The summed E-state index contributed by atoms with van der Waals surface area (Å²) < 4.78 is 46.1. The summed E-state index contributed by atoms with van der Waals surface area (Å²) in [7, 11) is 0.808. The van der Waals surface area contributed by atoms with E-state index in [4.69, 9.17) is 24.1 Å². The number of primary sulfonamides is 1. The van der Waals surface area contributed by atoms with E-state index < -0.39 is 10.0 Å². The van der Waals surface area contributed by atoms with Crippen molar-refractivity contribution < 1.29 is 27.4 Å². The van der Waals surface area contributed by atoms with Crippen molar-refractivity contribution in [2.24, 2.45) is 5.14 Å². The van der Waals surface area contributed by atoms with Gasteiger partial charge in [0.25, 0.3) is 0 Å². The maximum Gasteiger partial charge on any atom is 0.241 e. The van der Waals surface area contributed by atoms with Crippen molar-refractivity contribution in [1.82, 2.24) is 4.90 Å². The standard InChI is InChI=1S/C23H32N2O6S/c1-6-18-10-16-12-22(32(24,26)27)19(28-3)11-17(16)14-25(18)13-15-8-20(29-4)23(31-7-2)21(9-15)30-5/h8-9,11-12,18H,6-7,10,13-14H2,1-5H3,(H2,24,26,27). The first kappa shape index (κ1) is 24.2. The molecule has 176 valence electrons. The second-order valence-electron chi connectivity index (χ2n) is 7.75. The van der Waals surface area contributed by atoms with Gasteiger partial charge in [0.2, 0.25) is 15.8 Å². The van der Waals surface area contributed by atoms with Crippen molar-refractivity contribution in [1.29, 1.82) is 0 Å². The Kier molecular flexibility index (Phi) is 7.53. The summed E-state index contributed by atoms with van der Waals surface area (Å²) >= 11 is 0. The summed E-state index contributed by atoms with van der Waals surface area (Å²) in [4.78, 5) is 2.40. The SMILES string of the molecule is CCOc1c(OC)cc(CN2Cc3cc(OC)c(S(N)(=O)=O)cc3CC2CC)cc1OC. The molecule has 0 fully saturated rings. The highest BCUT2D eigenvalue weighted by molar-refractivity contribution is 7.89. The van der Waals surface area contributed by atoms with Gasteiger partial charge < -0.3 is 18.9 Å². The van der Waals surface area contributed by atoms with Crippen LogP contribution in [0, 0.1) is 0 Å². The van der Waals surface area contributed by atoms with Crippen LogP contribution in [0.15, 0.2) is 29.2 Å². The summed E-state index contributed by atoms with van der Waals surface area (Å²) in [5.74, 6) is 2.13. The molecule has 0 spiro atoms. The van der Waals surface area contributed by atoms with Crippen LogP contribution in [-0.4, -0.2) is 47.3 Å². The van der Waals surface area contributed by atoms with E-state index >= 15 is 0 Å². The van der Waals surface area contributed by atoms with Crippen LogP contribution in [0.4, 0.5) is 0 Å². The van der Waals surface area contributed by atoms with Gasteiger partial charge >= 0.3 is 0 Å². The lowest BCUT2D eigenvalue weighted by Gasteiger charge is -2.37. The molecule has 0 aliphatic carbocycles. The van der Waals surface area contributed by atoms with E-state index in [1.807, 2.05) is 19.1 Å². The van der Waals surface area contributed by atoms with Gasteiger partial charge in [-0.15, -0.1) is 0 Å². The van der Waals surface area contributed by atoms with Crippen molar-refractivity contribution >= 4 is 10.0 Å². The number of benzene rings is 2. The minimum Gasteiger partial charge on any atom is -0.495 e. The van der Waals surface area contributed by atoms with Crippen LogP contribution in [0.2, 0.25) is 0 Å². The minimum atomic E-state index is -3.87. The number of hydrogen-bond acceptors (Lipinski definition) is 7. The lowest BCUT2D eigenvalue weighted by atomic mass is 9.92. The smallest absolute Gasteiger partial charge is 0.241 e. The molecule has 1 heterocycles. The Hall–Kier alpha value is -2.49. The minimum absolute atomic E-state index is 0.0306. The fraction of sp³-hybridized carbons (Fsp3) is 0.478. The van der Waals surface area contributed by atoms with E-state index in [2.05, 4.69) is 11.8 Å². The molecule has 3 rings (SSSR count). The van der Waals surface area contributed by atoms with Gasteiger partial charge in [0.1, 0.15) is 10.6 Å². The third-order valence-electron chi connectivity index (χ3n) is 5.80. The second-order valence-corrected chi connectivity index (χ2v) is 9.28. The van der Waals surface area contributed by atoms with Gasteiger partial charge in [-0.2, -0.15) is 0 Å². The molecular weight excluding hydrogens is 432 g/mol. The summed E-state index contributed by atoms with van der Waals surface area (Å²) in [5.41, 5.74) is 3.06. The Balaban J connectivity index is 1.96. The normalized spacial score (nSPS) is 16.4. The molecule has 1 unspecified atom stereocenters. The Morgan fingerprint density at radius 2 is 1.59 bits per heavy atom. The van der Waals surface area contributed by atoms with Gasteiger partial charge in [-0.05, 0) is 60.7 Å². The number of hydrogen-bond donors (Lipinski definition) is 1. The first-order valence-electron chi connectivity index (χ1n) is 10.6. The highest BCUT2D eigenvalue weighted by atomic mass is 32.2. The predicted octanol–water partition coefficient (Wildman–Crippen LogP) is 3.10. The highest BCUT2D eigenvalue weighted by Crippen LogP contribution is 2.40. The summed E-state index contributed by atoms with van der Waals surface area (Å²) in [5, 5.41) is 5.40. The molecule has 0 saturated carbocycles. The molecule has 0 saturated heterocycles. The maximum atomic E-state index is 12.0. The fourth-order valence-corrected chi connectivity index (χ4v) is 4.96. The number of rotatable bonds is 9. The quantitative estimate of drug-likeness (QED) is 0.609. The molecule has 1 aliphatic rings. The molecule has 0 bridgehead atoms. The predicted molar refractivity (Wildman–Crippen MR) is 122 cm³/mol. The van der Waals surface area contributed by atoms with E-state index in [0.717, 1.165) is 29.5 Å². The molecule has 2 N–H and O–H groups in total. The molecule has 2 aromatic carbocycles. The Bertz CT molecular complexity index is 1050. The van der Waals surface area contributed by atoms with Crippen LogP contribution >= 0.6 is 0 Å². The van der Waals surface area contributed by atoms with Gasteiger partial charge in [-0.3, -0.25) is 4.90 Å². The Morgan fingerprint density at radius 3 is 2.09 bits per heavy atom. The fourth-order valence-electron chi connectivity index (χ4n) is 4.23. The van der Waals surface area contributed by atoms with E-state index in [9.17, 15) is 8.42 Å². The lowest BCUT2D eigenvalue weighted by molar-refractivity contribution is 0.157. The molecule has 2 aromatic rings. The molecule has 0 radical (unpaired) electrons. The highest BCUT2D eigenvalue weighted by Gasteiger charge is 2.29. The third-order valence-corrected chi connectivity index (χ3v) is 6.74. The van der Waals surface area contributed by atoms with Gasteiger partial charge in [0, 0.05) is 19.1 Å². The summed E-state index contributed by atoms with van der Waals surface area (Å²) in [6.45, 7) is 5.89. The Morgan fingerprint density at radius 1 is 0.969 bits per heavy atom. The molecule has 0 amide bonds. The zero-order chi connectivity index (χ0) is 23.5. The number of ether oxygens (including phenoxy) is 4. The monoisotopic (exact) mass is 464 g/mol. The van der Waals surface area contributed by atoms with Crippen LogP contribution in [0.5, 0.6) is 23.0 Å². The number of sulfonamides is 1. The molecular formula is C23H32N2O6S. The molecule has 1 aliphatic heterocycles. The van der Waals surface area contributed by atoms with Crippen LogP contribution in [-0.2, 0) is 29.5 Å². The summed E-state index contributed by atoms with van der Waals surface area (Å²) in [6, 6.07) is 7.63. The van der Waals surface area contributed by atoms with E-state index in [1.54, 1.807) is 26.4 Å². The topological polar surface area (TPSA) is 100 Å². The molecule has 8 nitrogen and oxygen atoms in total. The Labute approximate surface area is 190 Å². The lowest BCUT2D eigenvalue weighted by Crippen LogP contribution is -2.39. The van der Waals surface area contributed by atoms with Crippen molar-refractivity contribution in [3.8, 4) is 23.0 Å². The van der Waals surface area contributed by atoms with E-state index in [1.165, 1.54) is 7.11 Å². The van der Waals surface area contributed by atoms with Crippen molar-refractivity contribution in [3.05, 3.63) is 41.0 Å². The number of nitrogens with zero attached hydrogens (tertiary/aromatic N) is 1. The average molecular weight is 465 g/mol. The maximum absolute atomic E-state index is 12.0. The van der Waals surface area contributed by atoms with Crippen molar-refractivity contribution in [2.75, 3.05) is 27.9 Å². The summed E-state index contributed by atoms with van der Waals surface area (Å²) in [6.07, 6.45) is 1.64. The van der Waals surface area contributed by atoms with Crippen LogP contribution in [0.25, 0.3) is 0 Å². The van der Waals surface area contributed by atoms with Crippen molar-refractivity contribution in [3.63, 3.8) is 0 Å². The second kappa shape index (κ2) is 9.97. The third kappa shape index (κ3) is 4.95. The number of fused-ring (bicyclic) bond motifs is 1. The van der Waals surface area contributed by atoms with E-state index in [-0.39, 0.29) is 16.7 Å². The first-order valence-corrected chi connectivity index (χ1v) is 12.1. The van der Waals surface area contributed by atoms with Gasteiger partial charge in [-0.25, -0.2) is 13.6 Å². The van der Waals surface area contributed by atoms with Gasteiger partial charge in [0.05, 0.1) is 27.9 Å². The van der Waals surface area contributed by atoms with Crippen LogP contribution < -0.4 is 24.1 Å². The number of methoxy groups -OCH3 is 3. The molecule has 9 heteroatoms. The van der Waals surface area contributed by atoms with E-state index in [0.29, 0.717) is 36.9 Å². The average Bonchev–Trinajstić information content (AvgIpc) is 2.77. The van der Waals surface area contributed by atoms with Crippen LogP contribution in [0.3, 0.4) is 0 Å². The van der Waals surface area contributed by atoms with Crippen LogP contribution in [0.1, 0.15) is 37.0 Å². The zero-order valence-electron chi connectivity index (χ0n) is 19.3. The largest absolute Gasteiger partial charge is 0.495 e. The first-order chi connectivity index (χ1) is 15.2. The molecule has 32 heavy (non-hydrogen) atoms.